The van der Waals surface area contributed by atoms with E-state index in [1.807, 2.05) is 52.5 Å². The fourth-order valence-corrected chi connectivity index (χ4v) is 6.11. The maximum atomic E-state index is 15.4. The van der Waals surface area contributed by atoms with Crippen LogP contribution in [0.5, 0.6) is 11.5 Å². The molecule has 0 radical (unpaired) electrons. The third-order valence-electron chi connectivity index (χ3n) is 8.17. The molecule has 45 heavy (non-hydrogen) atoms. The summed E-state index contributed by atoms with van der Waals surface area (Å²) in [5.41, 5.74) is 1.48. The van der Waals surface area contributed by atoms with Crippen LogP contribution in [0.15, 0.2) is 35.3 Å². The van der Waals surface area contributed by atoms with Crippen LogP contribution in [0.4, 0.5) is 15.0 Å². The van der Waals surface area contributed by atoms with Crippen molar-refractivity contribution in [3.63, 3.8) is 0 Å². The fourth-order valence-electron chi connectivity index (χ4n) is 6.11. The van der Waals surface area contributed by atoms with Crippen LogP contribution in [0.25, 0.3) is 28.0 Å². The molecule has 1 amide bonds. The molecule has 236 valence electrons. The van der Waals surface area contributed by atoms with E-state index in [9.17, 15) is 14.7 Å². The molecular weight excluding hydrogens is 579 g/mol. The first-order valence-electron chi connectivity index (χ1n) is 15.0. The number of hydrogen-bond donors (Lipinski definition) is 1. The Balaban J connectivity index is 1.63. The first-order chi connectivity index (χ1) is 21.3. The van der Waals surface area contributed by atoms with E-state index in [0.29, 0.717) is 47.0 Å². The lowest BCUT2D eigenvalue weighted by Gasteiger charge is -2.41. The molecule has 0 unspecified atom stereocenters. The number of carbonyl (C=O) groups excluding carboxylic acids is 1. The molecule has 4 aromatic rings. The molecule has 6 rings (SSSR count). The number of ether oxygens (including phenoxy) is 2. The molecule has 1 fully saturated rings. The van der Waals surface area contributed by atoms with Gasteiger partial charge >= 0.3 is 11.8 Å². The van der Waals surface area contributed by atoms with Crippen LogP contribution in [0.3, 0.4) is 0 Å². The van der Waals surface area contributed by atoms with E-state index >= 15 is 4.39 Å². The summed E-state index contributed by atoms with van der Waals surface area (Å²) in [6, 6.07) is 5.50. The third-order valence-corrected chi connectivity index (χ3v) is 8.17. The van der Waals surface area contributed by atoms with E-state index < -0.39 is 23.2 Å². The van der Waals surface area contributed by atoms with Crippen molar-refractivity contribution >= 4 is 22.9 Å². The number of halogens is 1. The number of aryl methyl sites for hydroxylation is 1. The van der Waals surface area contributed by atoms with E-state index in [2.05, 4.69) is 9.97 Å². The second-order valence-electron chi connectivity index (χ2n) is 12.9. The van der Waals surface area contributed by atoms with Crippen molar-refractivity contribution < 1.29 is 23.8 Å². The smallest absolute Gasteiger partial charge is 0.410 e. The van der Waals surface area contributed by atoms with Crippen LogP contribution in [0, 0.1) is 19.7 Å². The fraction of sp³-hybridized carbons (Fsp3) is 0.424. The molecule has 11 nitrogen and oxygen atoms in total. The molecule has 5 heterocycles. The number of anilines is 1. The zero-order valence-electron chi connectivity index (χ0n) is 26.5. The van der Waals surface area contributed by atoms with Gasteiger partial charge in [0, 0.05) is 31.4 Å². The Morgan fingerprint density at radius 3 is 2.60 bits per heavy atom. The van der Waals surface area contributed by atoms with Gasteiger partial charge in [-0.3, -0.25) is 4.98 Å². The van der Waals surface area contributed by atoms with Crippen molar-refractivity contribution in [3.05, 3.63) is 63.6 Å². The number of phenols is 1. The van der Waals surface area contributed by atoms with Gasteiger partial charge in [-0.2, -0.15) is 4.98 Å². The summed E-state index contributed by atoms with van der Waals surface area (Å²) in [7, 11) is 0. The maximum absolute atomic E-state index is 15.4. The second kappa shape index (κ2) is 11.0. The Morgan fingerprint density at radius 2 is 1.91 bits per heavy atom. The van der Waals surface area contributed by atoms with E-state index in [0.717, 1.165) is 5.56 Å². The van der Waals surface area contributed by atoms with E-state index in [1.165, 1.54) is 22.8 Å². The van der Waals surface area contributed by atoms with Gasteiger partial charge in [-0.05, 0) is 64.3 Å². The highest BCUT2D eigenvalue weighted by Gasteiger charge is 2.38. The van der Waals surface area contributed by atoms with E-state index in [4.69, 9.17) is 14.5 Å². The highest BCUT2D eigenvalue weighted by atomic mass is 19.1. The normalized spacial score (nSPS) is 16.4. The van der Waals surface area contributed by atoms with Gasteiger partial charge < -0.3 is 24.4 Å². The second-order valence-corrected chi connectivity index (χ2v) is 12.9. The first kappa shape index (κ1) is 30.3. The molecule has 0 saturated carbocycles. The summed E-state index contributed by atoms with van der Waals surface area (Å²) in [4.78, 5) is 44.9. The Kier molecular flexibility index (Phi) is 7.41. The monoisotopic (exact) mass is 616 g/mol. The molecule has 1 N–H and O–H groups in total. The van der Waals surface area contributed by atoms with Gasteiger partial charge in [0.15, 0.2) is 5.65 Å². The van der Waals surface area contributed by atoms with Crippen molar-refractivity contribution in [1.82, 2.24) is 24.4 Å². The van der Waals surface area contributed by atoms with Crippen LogP contribution in [-0.2, 0) is 4.74 Å². The molecule has 1 saturated heterocycles. The Hall–Kier alpha value is -4.74. The SMILES string of the molecule is Cc1ccnc(C(C)C)c1-n1c(=O)nc2c3c(c(C)c(-c4c(O)cccc4F)nc31)OC[C@H]1CN(C(=O)OC(C)(C)C)CCN21. The van der Waals surface area contributed by atoms with Crippen LogP contribution in [-0.4, -0.2) is 73.5 Å². The number of aromatic nitrogens is 4. The summed E-state index contributed by atoms with van der Waals surface area (Å²) in [5, 5.41) is 11.3. The highest BCUT2D eigenvalue weighted by molar-refractivity contribution is 5.98. The van der Waals surface area contributed by atoms with Gasteiger partial charge in [0.05, 0.1) is 28.7 Å². The van der Waals surface area contributed by atoms with Crippen LogP contribution < -0.4 is 15.3 Å². The zero-order chi connectivity index (χ0) is 32.4. The van der Waals surface area contributed by atoms with Crippen molar-refractivity contribution in [2.24, 2.45) is 0 Å². The quantitative estimate of drug-likeness (QED) is 0.329. The molecular formula is C33H37FN6O5. The number of nitrogens with zero attached hydrogens (tertiary/aromatic N) is 6. The average Bonchev–Trinajstić information content (AvgIpc) is 3.12. The Morgan fingerprint density at radius 1 is 1.16 bits per heavy atom. The van der Waals surface area contributed by atoms with Gasteiger partial charge in [0.1, 0.15) is 40.7 Å². The lowest BCUT2D eigenvalue weighted by Crippen LogP contribution is -2.57. The summed E-state index contributed by atoms with van der Waals surface area (Å²) in [6.45, 7) is 14.2. The standard InChI is InChI=1S/C33H37FN6O5/c1-17(2)25-27(18(3)11-12-35-25)40-30-24-28(19(4)26(36-30)23-21(34)9-8-10-22(23)41)44-16-20-15-38(32(43)45-33(5,6)7)13-14-39(20)29(24)37-31(40)42/h8-12,17,20,41H,13-16H2,1-7H3/t20-/m1/s1. The maximum Gasteiger partial charge on any atom is 0.410 e. The molecule has 1 aromatic carbocycles. The van der Waals surface area contributed by atoms with Gasteiger partial charge in [-0.15, -0.1) is 0 Å². The van der Waals surface area contributed by atoms with Crippen LogP contribution in [0.2, 0.25) is 0 Å². The molecule has 1 atom stereocenters. The molecule has 2 aliphatic rings. The predicted octanol–water partition coefficient (Wildman–Crippen LogP) is 5.25. The number of amides is 1. The summed E-state index contributed by atoms with van der Waals surface area (Å²) in [5.74, 6) is -0.252. The minimum atomic E-state index is -0.667. The number of pyridine rings is 2. The number of phenolic OH excluding ortho intramolecular Hbond substituents is 1. The van der Waals surface area contributed by atoms with Gasteiger partial charge in [0.25, 0.3) is 0 Å². The molecule has 2 aliphatic heterocycles. The summed E-state index contributed by atoms with van der Waals surface area (Å²) >= 11 is 0. The molecule has 12 heteroatoms. The highest BCUT2D eigenvalue weighted by Crippen LogP contribution is 2.44. The van der Waals surface area contributed by atoms with Crippen molar-refractivity contribution in [3.8, 4) is 28.4 Å². The number of rotatable bonds is 3. The largest absolute Gasteiger partial charge is 0.507 e. The van der Waals surface area contributed by atoms with E-state index in [-0.39, 0.29) is 47.8 Å². The van der Waals surface area contributed by atoms with Crippen LogP contribution >= 0.6 is 0 Å². The van der Waals surface area contributed by atoms with Gasteiger partial charge in [-0.25, -0.2) is 23.5 Å². The molecule has 0 bridgehead atoms. The number of carbonyl (C=O) groups is 1. The molecule has 0 aliphatic carbocycles. The Bertz CT molecular complexity index is 1880. The lowest BCUT2D eigenvalue weighted by atomic mass is 10.0. The number of fused-ring (bicyclic) bond motifs is 2. The van der Waals surface area contributed by atoms with Crippen molar-refractivity contribution in [1.29, 1.82) is 0 Å². The minimum absolute atomic E-state index is 0.0428. The average molecular weight is 617 g/mol. The number of piperazine rings is 1. The topological polar surface area (TPSA) is 123 Å². The number of hydrogen-bond acceptors (Lipinski definition) is 9. The first-order valence-corrected chi connectivity index (χ1v) is 15.0. The number of benzene rings is 1. The molecule has 3 aromatic heterocycles. The summed E-state index contributed by atoms with van der Waals surface area (Å²) < 4.78 is 28.9. The molecule has 0 spiro atoms. The minimum Gasteiger partial charge on any atom is -0.507 e. The third kappa shape index (κ3) is 5.21. The number of aromatic hydroxyl groups is 1. The lowest BCUT2D eigenvalue weighted by molar-refractivity contribution is 0.0202. The predicted molar refractivity (Wildman–Crippen MR) is 168 cm³/mol. The zero-order valence-corrected chi connectivity index (χ0v) is 26.5. The van der Waals surface area contributed by atoms with Gasteiger partial charge in [-0.1, -0.05) is 19.9 Å². The van der Waals surface area contributed by atoms with Gasteiger partial charge in [0.2, 0.25) is 0 Å². The Labute approximate surface area is 260 Å². The van der Waals surface area contributed by atoms with Crippen molar-refractivity contribution in [2.75, 3.05) is 31.1 Å². The van der Waals surface area contributed by atoms with Crippen LogP contribution in [0.1, 0.15) is 57.4 Å². The van der Waals surface area contributed by atoms with Crippen molar-refractivity contribution in [2.45, 2.75) is 66.0 Å². The summed E-state index contributed by atoms with van der Waals surface area (Å²) in [6.07, 6.45) is 1.27. The van der Waals surface area contributed by atoms with E-state index in [1.54, 1.807) is 18.0 Å².